The third kappa shape index (κ3) is 2.96. The zero-order chi connectivity index (χ0) is 13.1. The Kier molecular flexibility index (Phi) is 3.78. The van der Waals surface area contributed by atoms with E-state index in [1.165, 1.54) is 16.7 Å². The molecule has 0 spiro atoms. The van der Waals surface area contributed by atoms with E-state index in [1.54, 1.807) is 6.07 Å². The van der Waals surface area contributed by atoms with E-state index in [2.05, 4.69) is 37.4 Å². The van der Waals surface area contributed by atoms with Gasteiger partial charge in [0.15, 0.2) is 0 Å². The summed E-state index contributed by atoms with van der Waals surface area (Å²) in [6.45, 7) is 4.99. The van der Waals surface area contributed by atoms with Gasteiger partial charge in [0, 0.05) is 11.6 Å². The molecule has 2 aromatic rings. The van der Waals surface area contributed by atoms with Gasteiger partial charge in [0.1, 0.15) is 0 Å². The van der Waals surface area contributed by atoms with Crippen LogP contribution in [0.25, 0.3) is 0 Å². The lowest BCUT2D eigenvalue weighted by atomic mass is 10.1. The Balaban J connectivity index is 2.09. The summed E-state index contributed by atoms with van der Waals surface area (Å²) in [5.74, 6) is 0. The number of benzene rings is 2. The van der Waals surface area contributed by atoms with E-state index in [0.29, 0.717) is 10.7 Å². The van der Waals surface area contributed by atoms with E-state index < -0.39 is 0 Å². The Morgan fingerprint density at radius 2 is 1.83 bits per heavy atom. The summed E-state index contributed by atoms with van der Waals surface area (Å²) in [5, 5.41) is 3.98. The zero-order valence-corrected chi connectivity index (χ0v) is 11.4. The van der Waals surface area contributed by atoms with Crippen LogP contribution in [-0.4, -0.2) is 0 Å². The van der Waals surface area contributed by atoms with E-state index in [4.69, 9.17) is 17.3 Å². The highest BCUT2D eigenvalue weighted by Gasteiger charge is 2.01. The van der Waals surface area contributed by atoms with Gasteiger partial charge in [0.2, 0.25) is 0 Å². The van der Waals surface area contributed by atoms with E-state index in [0.717, 1.165) is 12.2 Å². The summed E-state index contributed by atoms with van der Waals surface area (Å²) in [6, 6.07) is 11.9. The Hall–Kier alpha value is -1.67. The lowest BCUT2D eigenvalue weighted by Gasteiger charge is -2.10. The molecular formula is C15H17ClN2. The molecule has 0 unspecified atom stereocenters. The third-order valence-corrected chi connectivity index (χ3v) is 3.30. The molecule has 2 nitrogen and oxygen atoms in total. The molecule has 0 atom stereocenters. The van der Waals surface area contributed by atoms with Crippen molar-refractivity contribution in [2.24, 2.45) is 0 Å². The minimum atomic E-state index is 0.657. The van der Waals surface area contributed by atoms with Crippen LogP contribution < -0.4 is 11.1 Å². The predicted molar refractivity (Wildman–Crippen MR) is 79.1 cm³/mol. The molecule has 0 fully saturated rings. The fraction of sp³-hybridized carbons (Fsp3) is 0.200. The number of rotatable bonds is 3. The lowest BCUT2D eigenvalue weighted by molar-refractivity contribution is 1.13. The second kappa shape index (κ2) is 5.32. The first-order chi connectivity index (χ1) is 8.56. The molecule has 0 radical (unpaired) electrons. The van der Waals surface area contributed by atoms with E-state index in [9.17, 15) is 0 Å². The average Bonchev–Trinajstić information content (AvgIpc) is 2.32. The Labute approximate surface area is 113 Å². The number of nitrogens with two attached hydrogens (primary N) is 1. The minimum Gasteiger partial charge on any atom is -0.397 e. The van der Waals surface area contributed by atoms with Crippen LogP contribution in [0.2, 0.25) is 5.02 Å². The van der Waals surface area contributed by atoms with Crippen LogP contribution >= 0.6 is 11.6 Å². The van der Waals surface area contributed by atoms with Gasteiger partial charge in [-0.3, -0.25) is 0 Å². The summed E-state index contributed by atoms with van der Waals surface area (Å²) in [5.41, 5.74) is 11.3. The van der Waals surface area contributed by atoms with Crippen molar-refractivity contribution in [3.8, 4) is 0 Å². The van der Waals surface area contributed by atoms with Crippen LogP contribution in [0, 0.1) is 13.8 Å². The normalized spacial score (nSPS) is 10.4. The van der Waals surface area contributed by atoms with Crippen molar-refractivity contribution in [1.82, 2.24) is 0 Å². The molecule has 0 bridgehead atoms. The number of anilines is 2. The Bertz CT molecular complexity index is 564. The molecule has 2 aromatic carbocycles. The lowest BCUT2D eigenvalue weighted by Crippen LogP contribution is -2.02. The van der Waals surface area contributed by atoms with Crippen LogP contribution in [0.3, 0.4) is 0 Å². The fourth-order valence-electron chi connectivity index (χ4n) is 1.81. The minimum absolute atomic E-state index is 0.657. The van der Waals surface area contributed by atoms with Crippen LogP contribution in [0.15, 0.2) is 36.4 Å². The highest BCUT2D eigenvalue weighted by Crippen LogP contribution is 2.23. The first-order valence-corrected chi connectivity index (χ1v) is 6.29. The molecule has 3 heteroatoms. The van der Waals surface area contributed by atoms with Gasteiger partial charge >= 0.3 is 0 Å². The van der Waals surface area contributed by atoms with Gasteiger partial charge in [-0.25, -0.2) is 0 Å². The molecule has 0 aliphatic heterocycles. The highest BCUT2D eigenvalue weighted by atomic mass is 35.5. The molecule has 18 heavy (non-hydrogen) atoms. The van der Waals surface area contributed by atoms with Gasteiger partial charge in [0.25, 0.3) is 0 Å². The second-order valence-corrected chi connectivity index (χ2v) is 4.94. The fourth-order valence-corrected chi connectivity index (χ4v) is 1.99. The van der Waals surface area contributed by atoms with Crippen molar-refractivity contribution < 1.29 is 0 Å². The summed E-state index contributed by atoms with van der Waals surface area (Å²) < 4.78 is 0. The summed E-state index contributed by atoms with van der Waals surface area (Å²) in [4.78, 5) is 0. The van der Waals surface area contributed by atoms with Crippen molar-refractivity contribution in [2.75, 3.05) is 11.1 Å². The maximum absolute atomic E-state index is 5.89. The zero-order valence-electron chi connectivity index (χ0n) is 10.6. The standard InChI is InChI=1S/C15H17ClN2/c1-10-3-4-12(7-11(10)2)9-18-15-6-5-13(16)8-14(15)17/h3-8,18H,9,17H2,1-2H3. The first-order valence-electron chi connectivity index (χ1n) is 5.91. The van der Waals surface area contributed by atoms with E-state index in [1.807, 2.05) is 12.1 Å². The molecular weight excluding hydrogens is 244 g/mol. The largest absolute Gasteiger partial charge is 0.397 e. The third-order valence-electron chi connectivity index (χ3n) is 3.07. The first kappa shape index (κ1) is 12.8. The van der Waals surface area contributed by atoms with Crippen molar-refractivity contribution in [3.63, 3.8) is 0 Å². The number of nitrogens with one attached hydrogen (secondary N) is 1. The molecule has 0 saturated carbocycles. The number of hydrogen-bond acceptors (Lipinski definition) is 2. The summed E-state index contributed by atoms with van der Waals surface area (Å²) in [7, 11) is 0. The quantitative estimate of drug-likeness (QED) is 0.814. The smallest absolute Gasteiger partial charge is 0.0577 e. The Morgan fingerprint density at radius 1 is 1.06 bits per heavy atom. The maximum atomic E-state index is 5.89. The highest BCUT2D eigenvalue weighted by molar-refractivity contribution is 6.31. The number of halogens is 1. The molecule has 94 valence electrons. The van der Waals surface area contributed by atoms with Gasteiger partial charge < -0.3 is 11.1 Å². The molecule has 0 aliphatic carbocycles. The summed E-state index contributed by atoms with van der Waals surface area (Å²) in [6.07, 6.45) is 0. The maximum Gasteiger partial charge on any atom is 0.0577 e. The molecule has 0 aromatic heterocycles. The summed E-state index contributed by atoms with van der Waals surface area (Å²) >= 11 is 5.86. The average molecular weight is 261 g/mol. The monoisotopic (exact) mass is 260 g/mol. The van der Waals surface area contributed by atoms with Gasteiger partial charge in [-0.05, 0) is 48.7 Å². The second-order valence-electron chi connectivity index (χ2n) is 4.50. The van der Waals surface area contributed by atoms with Gasteiger partial charge in [0.05, 0.1) is 11.4 Å². The molecule has 0 amide bonds. The number of nitrogen functional groups attached to an aromatic ring is 1. The van der Waals surface area contributed by atoms with Crippen molar-refractivity contribution in [1.29, 1.82) is 0 Å². The number of hydrogen-bond donors (Lipinski definition) is 2. The van der Waals surface area contributed by atoms with E-state index >= 15 is 0 Å². The van der Waals surface area contributed by atoms with Crippen LogP contribution in [0.4, 0.5) is 11.4 Å². The van der Waals surface area contributed by atoms with Gasteiger partial charge in [-0.1, -0.05) is 29.8 Å². The number of aryl methyl sites for hydroxylation is 2. The van der Waals surface area contributed by atoms with Crippen LogP contribution in [0.5, 0.6) is 0 Å². The van der Waals surface area contributed by atoms with Gasteiger partial charge in [-0.15, -0.1) is 0 Å². The molecule has 0 saturated heterocycles. The predicted octanol–water partition coefficient (Wildman–Crippen LogP) is 4.15. The SMILES string of the molecule is Cc1ccc(CNc2ccc(Cl)cc2N)cc1C. The molecule has 2 rings (SSSR count). The van der Waals surface area contributed by atoms with Crippen LogP contribution in [0.1, 0.15) is 16.7 Å². The van der Waals surface area contributed by atoms with Crippen molar-refractivity contribution >= 4 is 23.0 Å². The Morgan fingerprint density at radius 3 is 2.50 bits per heavy atom. The van der Waals surface area contributed by atoms with Crippen LogP contribution in [-0.2, 0) is 6.54 Å². The van der Waals surface area contributed by atoms with Gasteiger partial charge in [-0.2, -0.15) is 0 Å². The van der Waals surface area contributed by atoms with Crippen molar-refractivity contribution in [3.05, 3.63) is 58.1 Å². The molecule has 0 aliphatic rings. The molecule has 0 heterocycles. The molecule has 3 N–H and O–H groups in total. The van der Waals surface area contributed by atoms with Crippen molar-refractivity contribution in [2.45, 2.75) is 20.4 Å². The topological polar surface area (TPSA) is 38.0 Å². The van der Waals surface area contributed by atoms with E-state index in [-0.39, 0.29) is 0 Å².